The van der Waals surface area contributed by atoms with E-state index in [2.05, 4.69) is 21.2 Å². The average molecular weight is 412 g/mol. The number of carbonyl (C=O) groups is 1. The van der Waals surface area contributed by atoms with Crippen molar-refractivity contribution in [2.45, 2.75) is 0 Å². The molecule has 0 aliphatic rings. The van der Waals surface area contributed by atoms with Crippen LogP contribution in [-0.4, -0.2) is 19.6 Å². The second-order valence-electron chi connectivity index (χ2n) is 4.98. The predicted molar refractivity (Wildman–Crippen MR) is 100 cm³/mol. The Kier molecular flexibility index (Phi) is 6.78. The van der Waals surface area contributed by atoms with Gasteiger partial charge in [-0.2, -0.15) is 10.5 Å². The minimum Gasteiger partial charge on any atom is -0.497 e. The molecule has 0 saturated carbocycles. The maximum Gasteiger partial charge on any atom is 0.266 e. The van der Waals surface area contributed by atoms with Crippen LogP contribution in [0.25, 0.3) is 6.08 Å². The van der Waals surface area contributed by atoms with E-state index in [0.29, 0.717) is 22.7 Å². The van der Waals surface area contributed by atoms with Crippen molar-refractivity contribution in [2.75, 3.05) is 19.0 Å². The molecule has 2 aromatic carbocycles. The van der Waals surface area contributed by atoms with E-state index in [-0.39, 0.29) is 12.2 Å². The zero-order chi connectivity index (χ0) is 18.9. The molecule has 0 heterocycles. The largest absolute Gasteiger partial charge is 0.497 e. The molecule has 2 rings (SSSR count). The van der Waals surface area contributed by atoms with Crippen LogP contribution in [0.2, 0.25) is 0 Å². The number of nitriles is 2. The third-order valence-corrected chi connectivity index (χ3v) is 3.77. The van der Waals surface area contributed by atoms with Crippen molar-refractivity contribution < 1.29 is 14.3 Å². The van der Waals surface area contributed by atoms with Crippen molar-refractivity contribution in [1.82, 2.24) is 0 Å². The van der Waals surface area contributed by atoms with Crippen molar-refractivity contribution in [3.8, 4) is 23.6 Å². The molecule has 0 aliphatic heterocycles. The number of nitrogens with one attached hydrogen (secondary N) is 1. The van der Waals surface area contributed by atoms with E-state index in [0.717, 1.165) is 4.47 Å². The normalized spacial score (nSPS) is 10.4. The number of carbonyl (C=O) groups excluding carboxylic acids is 1. The number of rotatable bonds is 6. The standard InChI is InChI=1S/C19H14BrN3O3/c1-25-17-5-3-16(4-6-17)23-19(24)14(12-22)10-13-11-15(20)2-7-18(13)26-9-8-21/h2-7,10-11H,9H2,1H3,(H,23,24)/b14-10+. The first-order valence-electron chi connectivity index (χ1n) is 7.44. The highest BCUT2D eigenvalue weighted by Crippen LogP contribution is 2.26. The van der Waals surface area contributed by atoms with Crippen molar-refractivity contribution in [2.24, 2.45) is 0 Å². The molecule has 0 fully saturated rings. The van der Waals surface area contributed by atoms with Gasteiger partial charge in [0.25, 0.3) is 5.91 Å². The van der Waals surface area contributed by atoms with Crippen LogP contribution in [0.15, 0.2) is 52.5 Å². The van der Waals surface area contributed by atoms with Crippen molar-refractivity contribution >= 4 is 33.6 Å². The lowest BCUT2D eigenvalue weighted by atomic mass is 10.1. The molecular formula is C19H14BrN3O3. The van der Waals surface area contributed by atoms with Gasteiger partial charge in [-0.25, -0.2) is 0 Å². The van der Waals surface area contributed by atoms with Gasteiger partial charge in [-0.15, -0.1) is 0 Å². The first-order valence-corrected chi connectivity index (χ1v) is 8.23. The number of hydrogen-bond acceptors (Lipinski definition) is 5. The number of benzene rings is 2. The fraction of sp³-hybridized carbons (Fsp3) is 0.105. The summed E-state index contributed by atoms with van der Waals surface area (Å²) in [5.74, 6) is 0.510. The zero-order valence-corrected chi connectivity index (χ0v) is 15.4. The summed E-state index contributed by atoms with van der Waals surface area (Å²) in [6, 6.07) is 15.6. The third kappa shape index (κ3) is 5.10. The second-order valence-corrected chi connectivity index (χ2v) is 5.90. The number of amides is 1. The summed E-state index contributed by atoms with van der Waals surface area (Å²) in [5, 5.41) is 20.7. The number of hydrogen-bond donors (Lipinski definition) is 1. The lowest BCUT2D eigenvalue weighted by Gasteiger charge is -2.08. The molecule has 0 unspecified atom stereocenters. The van der Waals surface area contributed by atoms with Gasteiger partial charge in [0.1, 0.15) is 29.2 Å². The van der Waals surface area contributed by atoms with E-state index < -0.39 is 5.91 Å². The van der Waals surface area contributed by atoms with E-state index in [1.807, 2.05) is 12.1 Å². The highest BCUT2D eigenvalue weighted by Gasteiger charge is 2.12. The summed E-state index contributed by atoms with van der Waals surface area (Å²) in [5.41, 5.74) is 0.948. The first-order chi connectivity index (χ1) is 12.6. The van der Waals surface area contributed by atoms with Crippen LogP contribution in [0, 0.1) is 22.7 Å². The molecule has 6 nitrogen and oxygen atoms in total. The van der Waals surface area contributed by atoms with Crippen LogP contribution in [-0.2, 0) is 4.79 Å². The van der Waals surface area contributed by atoms with Crippen LogP contribution >= 0.6 is 15.9 Å². The van der Waals surface area contributed by atoms with Crippen molar-refractivity contribution in [1.29, 1.82) is 10.5 Å². The smallest absolute Gasteiger partial charge is 0.266 e. The Morgan fingerprint density at radius 2 is 1.96 bits per heavy atom. The van der Waals surface area contributed by atoms with Gasteiger partial charge in [0.15, 0.2) is 6.61 Å². The van der Waals surface area contributed by atoms with Crippen molar-refractivity contribution in [3.05, 3.63) is 58.1 Å². The lowest BCUT2D eigenvalue weighted by Crippen LogP contribution is -2.13. The Hall–Kier alpha value is -3.29. The number of ether oxygens (including phenoxy) is 2. The summed E-state index contributed by atoms with van der Waals surface area (Å²) in [7, 11) is 1.55. The monoisotopic (exact) mass is 411 g/mol. The van der Waals surface area contributed by atoms with Crippen LogP contribution in [0.5, 0.6) is 11.5 Å². The highest BCUT2D eigenvalue weighted by atomic mass is 79.9. The van der Waals surface area contributed by atoms with Crippen LogP contribution in [0.1, 0.15) is 5.56 Å². The minimum atomic E-state index is -0.552. The van der Waals surface area contributed by atoms with Gasteiger partial charge >= 0.3 is 0 Å². The van der Waals surface area contributed by atoms with E-state index in [1.165, 1.54) is 6.08 Å². The summed E-state index contributed by atoms with van der Waals surface area (Å²) >= 11 is 3.34. The Balaban J connectivity index is 2.26. The fourth-order valence-corrected chi connectivity index (χ4v) is 2.43. The van der Waals surface area contributed by atoms with Crippen molar-refractivity contribution in [3.63, 3.8) is 0 Å². The van der Waals surface area contributed by atoms with Gasteiger partial charge in [0.05, 0.1) is 7.11 Å². The fourth-order valence-electron chi connectivity index (χ4n) is 2.05. The van der Waals surface area contributed by atoms with Crippen LogP contribution < -0.4 is 14.8 Å². The molecule has 7 heteroatoms. The Labute approximate surface area is 159 Å². The third-order valence-electron chi connectivity index (χ3n) is 3.28. The maximum atomic E-state index is 12.4. The quantitative estimate of drug-likeness (QED) is 0.574. The zero-order valence-electron chi connectivity index (χ0n) is 13.8. The SMILES string of the molecule is COc1ccc(NC(=O)/C(C#N)=C/c2cc(Br)ccc2OCC#N)cc1. The number of halogens is 1. The predicted octanol–water partition coefficient (Wildman–Crippen LogP) is 3.91. The molecule has 2 aromatic rings. The molecule has 1 N–H and O–H groups in total. The molecule has 0 aliphatic carbocycles. The number of nitrogens with zero attached hydrogens (tertiary/aromatic N) is 2. The molecule has 0 atom stereocenters. The van der Waals surface area contributed by atoms with Crippen LogP contribution in [0.3, 0.4) is 0 Å². The summed E-state index contributed by atoms with van der Waals surface area (Å²) in [6.07, 6.45) is 1.41. The van der Waals surface area contributed by atoms with E-state index in [1.54, 1.807) is 49.6 Å². The Morgan fingerprint density at radius 3 is 2.58 bits per heavy atom. The van der Waals surface area contributed by atoms with Gasteiger partial charge in [-0.05, 0) is 48.5 Å². The number of methoxy groups -OCH3 is 1. The first kappa shape index (κ1) is 19.0. The maximum absolute atomic E-state index is 12.4. The van der Waals surface area contributed by atoms with E-state index in [9.17, 15) is 10.1 Å². The van der Waals surface area contributed by atoms with E-state index in [4.69, 9.17) is 14.7 Å². The second kappa shape index (κ2) is 9.26. The summed E-state index contributed by atoms with van der Waals surface area (Å²) in [4.78, 5) is 12.4. The van der Waals surface area contributed by atoms with Gasteiger partial charge in [0.2, 0.25) is 0 Å². The van der Waals surface area contributed by atoms with E-state index >= 15 is 0 Å². The molecule has 0 saturated heterocycles. The minimum absolute atomic E-state index is 0.0966. The molecule has 0 bridgehead atoms. The molecule has 0 spiro atoms. The average Bonchev–Trinajstić information content (AvgIpc) is 2.65. The summed E-state index contributed by atoms with van der Waals surface area (Å²) in [6.45, 7) is -0.137. The highest BCUT2D eigenvalue weighted by molar-refractivity contribution is 9.10. The topological polar surface area (TPSA) is 95.1 Å². The number of anilines is 1. The Bertz CT molecular complexity index is 909. The molecular weight excluding hydrogens is 398 g/mol. The Morgan fingerprint density at radius 1 is 1.23 bits per heavy atom. The lowest BCUT2D eigenvalue weighted by molar-refractivity contribution is -0.112. The molecule has 1 amide bonds. The van der Waals surface area contributed by atoms with Gasteiger partial charge in [-0.1, -0.05) is 15.9 Å². The van der Waals surface area contributed by atoms with Crippen LogP contribution in [0.4, 0.5) is 5.69 Å². The van der Waals surface area contributed by atoms with Gasteiger partial charge < -0.3 is 14.8 Å². The van der Waals surface area contributed by atoms with Gasteiger partial charge in [-0.3, -0.25) is 4.79 Å². The summed E-state index contributed by atoms with van der Waals surface area (Å²) < 4.78 is 11.1. The molecule has 130 valence electrons. The molecule has 26 heavy (non-hydrogen) atoms. The molecule has 0 aromatic heterocycles. The van der Waals surface area contributed by atoms with Gasteiger partial charge in [0, 0.05) is 15.7 Å². The molecule has 0 radical (unpaired) electrons.